The molecule has 2 heterocycles. The molecule has 0 bridgehead atoms. The zero-order valence-electron chi connectivity index (χ0n) is 11.9. The molecule has 2 N–H and O–H groups in total. The Morgan fingerprint density at radius 2 is 1.74 bits per heavy atom. The number of nitrogens with zero attached hydrogens (tertiary/aromatic N) is 2. The first-order valence-electron chi connectivity index (χ1n) is 6.48. The van der Waals surface area contributed by atoms with Crippen molar-refractivity contribution in [1.29, 1.82) is 0 Å². The molecule has 2 aromatic heterocycles. The van der Waals surface area contributed by atoms with Crippen molar-refractivity contribution in [3.05, 3.63) is 33.3 Å². The summed E-state index contributed by atoms with van der Waals surface area (Å²) in [5.41, 5.74) is 1.36. The maximum Gasteiger partial charge on any atom is 0.132 e. The van der Waals surface area contributed by atoms with Crippen molar-refractivity contribution >= 4 is 23.0 Å². The lowest BCUT2D eigenvalue weighted by Crippen LogP contribution is -2.06. The number of aryl methyl sites for hydroxylation is 3. The Balaban J connectivity index is 2.06. The Labute approximate surface area is 118 Å². The summed E-state index contributed by atoms with van der Waals surface area (Å²) < 4.78 is 0. The summed E-state index contributed by atoms with van der Waals surface area (Å²) in [5.74, 6) is 2.52. The minimum absolute atomic E-state index is 0.777. The van der Waals surface area contributed by atoms with Gasteiger partial charge >= 0.3 is 0 Å². The normalized spacial score (nSPS) is 10.5. The minimum atomic E-state index is 0.777. The van der Waals surface area contributed by atoms with Gasteiger partial charge in [0.2, 0.25) is 0 Å². The van der Waals surface area contributed by atoms with Crippen LogP contribution in [0.4, 0.5) is 11.6 Å². The van der Waals surface area contributed by atoms with E-state index in [1.54, 1.807) is 0 Å². The molecule has 0 radical (unpaired) electrons. The first-order valence-corrected chi connectivity index (χ1v) is 7.29. The lowest BCUT2D eigenvalue weighted by Gasteiger charge is -2.08. The highest BCUT2D eigenvalue weighted by molar-refractivity contribution is 7.12. The molecular weight excluding hydrogens is 256 g/mol. The number of nitrogens with one attached hydrogen (secondary N) is 2. The Hall–Kier alpha value is -1.62. The molecule has 4 nitrogen and oxygen atoms in total. The van der Waals surface area contributed by atoms with Crippen molar-refractivity contribution in [3.63, 3.8) is 0 Å². The molecule has 0 amide bonds. The van der Waals surface area contributed by atoms with Crippen molar-refractivity contribution in [2.24, 2.45) is 0 Å². The van der Waals surface area contributed by atoms with Crippen LogP contribution < -0.4 is 10.6 Å². The van der Waals surface area contributed by atoms with E-state index in [0.29, 0.717) is 0 Å². The number of anilines is 2. The van der Waals surface area contributed by atoms with E-state index in [2.05, 4.69) is 47.4 Å². The van der Waals surface area contributed by atoms with E-state index in [9.17, 15) is 0 Å². The van der Waals surface area contributed by atoms with E-state index in [1.807, 2.05) is 24.3 Å². The van der Waals surface area contributed by atoms with Gasteiger partial charge in [0.05, 0.1) is 6.54 Å². The highest BCUT2D eigenvalue weighted by Crippen LogP contribution is 2.21. The molecule has 0 aliphatic rings. The van der Waals surface area contributed by atoms with Crippen LogP contribution in [-0.2, 0) is 6.54 Å². The van der Waals surface area contributed by atoms with Crippen LogP contribution in [0.1, 0.15) is 28.1 Å². The molecule has 0 aromatic carbocycles. The van der Waals surface area contributed by atoms with Gasteiger partial charge in [-0.3, -0.25) is 0 Å². The zero-order valence-corrected chi connectivity index (χ0v) is 12.7. The quantitative estimate of drug-likeness (QED) is 0.877. The molecule has 0 unspecified atom stereocenters. The zero-order chi connectivity index (χ0) is 13.8. The molecule has 2 aromatic rings. The highest BCUT2D eigenvalue weighted by atomic mass is 32.1. The van der Waals surface area contributed by atoms with Gasteiger partial charge in [0, 0.05) is 22.4 Å². The predicted molar refractivity (Wildman–Crippen MR) is 82.1 cm³/mol. The average Bonchev–Trinajstić information content (AvgIpc) is 2.66. The van der Waals surface area contributed by atoms with E-state index in [4.69, 9.17) is 0 Å². The second-order valence-corrected chi connectivity index (χ2v) is 5.86. The third-order valence-corrected chi connectivity index (χ3v) is 4.01. The average molecular weight is 276 g/mol. The standard InChI is InChI=1S/C14H20N4S/c1-5-15-13-7-14(18-11(4)17-13)16-8-12-6-9(2)10(3)19-12/h6-7H,5,8H2,1-4H3,(H2,15,16,17,18). The van der Waals surface area contributed by atoms with E-state index in [-0.39, 0.29) is 0 Å². The molecule has 5 heteroatoms. The molecule has 102 valence electrons. The van der Waals surface area contributed by atoms with E-state index in [0.717, 1.165) is 30.5 Å². The summed E-state index contributed by atoms with van der Waals surface area (Å²) in [7, 11) is 0. The second kappa shape index (κ2) is 6.02. The van der Waals surface area contributed by atoms with Crippen LogP contribution in [0.5, 0.6) is 0 Å². The lowest BCUT2D eigenvalue weighted by atomic mass is 10.3. The van der Waals surface area contributed by atoms with E-state index in [1.165, 1.54) is 15.3 Å². The lowest BCUT2D eigenvalue weighted by molar-refractivity contribution is 1.02. The van der Waals surface area contributed by atoms with E-state index < -0.39 is 0 Å². The molecule has 0 saturated heterocycles. The molecule has 0 saturated carbocycles. The molecule has 19 heavy (non-hydrogen) atoms. The van der Waals surface area contributed by atoms with Gasteiger partial charge in [0.15, 0.2) is 0 Å². The topological polar surface area (TPSA) is 49.8 Å². The van der Waals surface area contributed by atoms with Crippen molar-refractivity contribution in [3.8, 4) is 0 Å². The Bertz CT molecular complexity index is 543. The number of rotatable bonds is 5. The van der Waals surface area contributed by atoms with E-state index >= 15 is 0 Å². The molecule has 0 fully saturated rings. The smallest absolute Gasteiger partial charge is 0.132 e. The summed E-state index contributed by atoms with van der Waals surface area (Å²) in [4.78, 5) is 11.4. The Morgan fingerprint density at radius 3 is 2.32 bits per heavy atom. The monoisotopic (exact) mass is 276 g/mol. The van der Waals surface area contributed by atoms with Gasteiger partial charge in [-0.25, -0.2) is 9.97 Å². The molecule has 0 atom stereocenters. The van der Waals surface area contributed by atoms with Gasteiger partial charge in [0.25, 0.3) is 0 Å². The van der Waals surface area contributed by atoms with Crippen LogP contribution in [0.3, 0.4) is 0 Å². The molecule has 2 rings (SSSR count). The first-order chi connectivity index (χ1) is 9.08. The van der Waals surface area contributed by atoms with Crippen LogP contribution in [0.25, 0.3) is 0 Å². The first kappa shape index (κ1) is 13.8. The number of hydrogen-bond donors (Lipinski definition) is 2. The number of hydrogen-bond acceptors (Lipinski definition) is 5. The summed E-state index contributed by atoms with van der Waals surface area (Å²) in [6.45, 7) is 9.93. The summed E-state index contributed by atoms with van der Waals surface area (Å²) in [6, 6.07) is 4.18. The van der Waals surface area contributed by atoms with Crippen LogP contribution in [0.15, 0.2) is 12.1 Å². The fraction of sp³-hybridized carbons (Fsp3) is 0.429. The molecule has 0 aliphatic heterocycles. The highest BCUT2D eigenvalue weighted by Gasteiger charge is 2.04. The number of thiophene rings is 1. The fourth-order valence-electron chi connectivity index (χ4n) is 1.84. The van der Waals surface area contributed by atoms with Crippen LogP contribution in [0, 0.1) is 20.8 Å². The summed E-state index contributed by atoms with van der Waals surface area (Å²) in [6.07, 6.45) is 0. The van der Waals surface area contributed by atoms with Gasteiger partial charge in [-0.15, -0.1) is 11.3 Å². The van der Waals surface area contributed by atoms with Crippen molar-refractivity contribution in [2.45, 2.75) is 34.2 Å². The Morgan fingerprint density at radius 1 is 1.05 bits per heavy atom. The van der Waals surface area contributed by atoms with Gasteiger partial charge in [-0.1, -0.05) is 0 Å². The number of aromatic nitrogens is 2. The van der Waals surface area contributed by atoms with Gasteiger partial charge in [-0.05, 0) is 39.3 Å². The molecular formula is C14H20N4S. The van der Waals surface area contributed by atoms with Crippen LogP contribution in [-0.4, -0.2) is 16.5 Å². The largest absolute Gasteiger partial charge is 0.370 e. The second-order valence-electron chi connectivity index (χ2n) is 4.52. The SMILES string of the molecule is CCNc1cc(NCc2cc(C)c(C)s2)nc(C)n1. The maximum absolute atomic E-state index is 4.40. The molecule has 0 spiro atoms. The van der Waals surface area contributed by atoms with Crippen molar-refractivity contribution < 1.29 is 0 Å². The fourth-order valence-corrected chi connectivity index (χ4v) is 2.84. The van der Waals surface area contributed by atoms with Crippen LogP contribution >= 0.6 is 11.3 Å². The summed E-state index contributed by atoms with van der Waals surface area (Å²) >= 11 is 1.83. The maximum atomic E-state index is 4.40. The van der Waals surface area contributed by atoms with Crippen LogP contribution in [0.2, 0.25) is 0 Å². The summed E-state index contributed by atoms with van der Waals surface area (Å²) in [5, 5.41) is 6.57. The van der Waals surface area contributed by atoms with Gasteiger partial charge in [-0.2, -0.15) is 0 Å². The minimum Gasteiger partial charge on any atom is -0.370 e. The third kappa shape index (κ3) is 3.67. The third-order valence-electron chi connectivity index (χ3n) is 2.86. The van der Waals surface area contributed by atoms with Gasteiger partial charge < -0.3 is 10.6 Å². The molecule has 0 aliphatic carbocycles. The predicted octanol–water partition coefficient (Wildman–Crippen LogP) is 3.51. The Kier molecular flexibility index (Phi) is 4.37. The van der Waals surface area contributed by atoms with Crippen molar-refractivity contribution in [1.82, 2.24) is 9.97 Å². The van der Waals surface area contributed by atoms with Crippen molar-refractivity contribution in [2.75, 3.05) is 17.2 Å². The van der Waals surface area contributed by atoms with Gasteiger partial charge in [0.1, 0.15) is 17.5 Å².